The molecule has 2 aliphatic rings. The van der Waals surface area contributed by atoms with Gasteiger partial charge in [0.25, 0.3) is 11.8 Å². The van der Waals surface area contributed by atoms with Crippen molar-refractivity contribution in [2.45, 2.75) is 31.5 Å². The number of amides is 3. The predicted octanol–water partition coefficient (Wildman–Crippen LogP) is 2.74. The van der Waals surface area contributed by atoms with E-state index in [0.717, 1.165) is 10.9 Å². The molecule has 12 heteroatoms. The lowest BCUT2D eigenvalue weighted by Gasteiger charge is -2.39. The molecule has 3 heterocycles. The van der Waals surface area contributed by atoms with E-state index in [1.165, 1.54) is 25.3 Å². The van der Waals surface area contributed by atoms with E-state index >= 15 is 0 Å². The van der Waals surface area contributed by atoms with Gasteiger partial charge in [-0.1, -0.05) is 18.2 Å². The summed E-state index contributed by atoms with van der Waals surface area (Å²) < 4.78 is 31.8. The number of methoxy groups -OCH3 is 1. The molecule has 0 spiro atoms. The van der Waals surface area contributed by atoms with Crippen LogP contribution in [0.2, 0.25) is 0 Å². The number of hydrogen-bond donors (Lipinski definition) is 3. The van der Waals surface area contributed by atoms with Gasteiger partial charge in [-0.2, -0.15) is 5.10 Å². The average molecular weight is 588 g/mol. The summed E-state index contributed by atoms with van der Waals surface area (Å²) in [6.07, 6.45) is -0.0581. The summed E-state index contributed by atoms with van der Waals surface area (Å²) in [5, 5.41) is 13.8. The highest BCUT2D eigenvalue weighted by atomic mass is 19.1. The molecule has 0 saturated carbocycles. The van der Waals surface area contributed by atoms with Gasteiger partial charge in [0.15, 0.2) is 18.1 Å². The molecule has 2 aliphatic heterocycles. The summed E-state index contributed by atoms with van der Waals surface area (Å²) in [5.41, 5.74) is 2.25. The van der Waals surface area contributed by atoms with Gasteiger partial charge < -0.3 is 29.7 Å². The Morgan fingerprint density at radius 2 is 2.00 bits per heavy atom. The molecule has 1 fully saturated rings. The van der Waals surface area contributed by atoms with Gasteiger partial charge >= 0.3 is 0 Å². The number of nitrogens with zero attached hydrogens (tertiary/aromatic N) is 2. The minimum Gasteiger partial charge on any atom is -0.493 e. The number of aromatic nitrogens is 2. The molecule has 6 rings (SSSR count). The van der Waals surface area contributed by atoms with Gasteiger partial charge in [-0.3, -0.25) is 19.5 Å². The molecule has 222 valence electrons. The standard InChI is InChI=1S/C31H30FN5O6/c1-41-27-7-6-19-12-28(27)42-17-29(38)33-15-18-10-20(32)13-21(11-18)43-26-8-9-37(16-25(26)34-31(19)40)30(39)14-24-22-4-2-3-5-23(22)35-36-24/h2-7,10-13,25-26H,8-9,14-17H2,1H3,(H,33,38)(H,34,40)(H,35,36)/t25-,26+/m0/s1. The molecule has 0 aliphatic carbocycles. The van der Waals surface area contributed by atoms with Gasteiger partial charge in [-0.05, 0) is 42.0 Å². The van der Waals surface area contributed by atoms with E-state index in [4.69, 9.17) is 14.2 Å². The summed E-state index contributed by atoms with van der Waals surface area (Å²) in [5.74, 6) is -0.704. The number of fused-ring (bicyclic) bond motifs is 6. The van der Waals surface area contributed by atoms with Crippen molar-refractivity contribution in [2.24, 2.45) is 0 Å². The van der Waals surface area contributed by atoms with Crippen LogP contribution in [0, 0.1) is 5.82 Å². The third kappa shape index (κ3) is 6.22. The minimum absolute atomic E-state index is 0.0584. The average Bonchev–Trinajstić information content (AvgIpc) is 3.41. The van der Waals surface area contributed by atoms with Crippen molar-refractivity contribution in [1.29, 1.82) is 0 Å². The molecular formula is C31H30FN5O6. The normalized spacial score (nSPS) is 19.0. The summed E-state index contributed by atoms with van der Waals surface area (Å²) in [4.78, 5) is 41.0. The zero-order valence-corrected chi connectivity index (χ0v) is 23.4. The summed E-state index contributed by atoms with van der Waals surface area (Å²) in [6, 6.07) is 15.8. The van der Waals surface area contributed by atoms with Crippen molar-refractivity contribution in [1.82, 2.24) is 25.7 Å². The predicted molar refractivity (Wildman–Crippen MR) is 153 cm³/mol. The Labute approximate surface area is 246 Å². The second kappa shape index (κ2) is 12.0. The van der Waals surface area contributed by atoms with E-state index in [-0.39, 0.29) is 49.1 Å². The van der Waals surface area contributed by atoms with Gasteiger partial charge in [0.1, 0.15) is 17.7 Å². The molecule has 4 aromatic rings. The van der Waals surface area contributed by atoms with Crippen LogP contribution >= 0.6 is 0 Å². The van der Waals surface area contributed by atoms with Crippen LogP contribution in [0.3, 0.4) is 0 Å². The summed E-state index contributed by atoms with van der Waals surface area (Å²) >= 11 is 0. The lowest BCUT2D eigenvalue weighted by atomic mass is 10.00. The van der Waals surface area contributed by atoms with Gasteiger partial charge in [0.2, 0.25) is 5.91 Å². The maximum atomic E-state index is 14.5. The Morgan fingerprint density at radius 1 is 1.14 bits per heavy atom. The van der Waals surface area contributed by atoms with Crippen molar-refractivity contribution in [3.05, 3.63) is 83.3 Å². The molecule has 0 unspecified atom stereocenters. The maximum Gasteiger partial charge on any atom is 0.258 e. The molecule has 1 saturated heterocycles. The zero-order chi connectivity index (χ0) is 29.9. The third-order valence-electron chi connectivity index (χ3n) is 7.58. The first-order chi connectivity index (χ1) is 20.9. The number of benzene rings is 3. The molecule has 2 atom stereocenters. The molecule has 0 radical (unpaired) electrons. The number of rotatable bonds is 3. The Kier molecular flexibility index (Phi) is 7.82. The lowest BCUT2D eigenvalue weighted by Crippen LogP contribution is -2.58. The number of likely N-dealkylation sites (tertiary alicyclic amines) is 1. The smallest absolute Gasteiger partial charge is 0.258 e. The van der Waals surface area contributed by atoms with Gasteiger partial charge in [0.05, 0.1) is 30.8 Å². The molecule has 1 aromatic heterocycles. The molecule has 43 heavy (non-hydrogen) atoms. The van der Waals surface area contributed by atoms with Crippen LogP contribution in [-0.4, -0.2) is 71.8 Å². The van der Waals surface area contributed by atoms with Crippen LogP contribution in [-0.2, 0) is 22.6 Å². The number of carbonyl (C=O) groups excluding carboxylic acids is 3. The minimum atomic E-state index is -0.616. The van der Waals surface area contributed by atoms with E-state index in [9.17, 15) is 18.8 Å². The second-order valence-corrected chi connectivity index (χ2v) is 10.5. The fraction of sp³-hybridized carbons (Fsp3) is 0.290. The van der Waals surface area contributed by atoms with E-state index in [1.54, 1.807) is 23.1 Å². The molecule has 11 nitrogen and oxygen atoms in total. The van der Waals surface area contributed by atoms with Crippen molar-refractivity contribution in [2.75, 3.05) is 26.8 Å². The highest BCUT2D eigenvalue weighted by molar-refractivity contribution is 5.95. The van der Waals surface area contributed by atoms with Gasteiger partial charge in [-0.15, -0.1) is 0 Å². The van der Waals surface area contributed by atoms with Crippen LogP contribution in [0.4, 0.5) is 4.39 Å². The Morgan fingerprint density at radius 3 is 2.86 bits per heavy atom. The Hall–Kier alpha value is -5.13. The Balaban J connectivity index is 1.28. The number of carbonyl (C=O) groups is 3. The highest BCUT2D eigenvalue weighted by Crippen LogP contribution is 2.29. The van der Waals surface area contributed by atoms with Gasteiger partial charge in [0, 0.05) is 43.1 Å². The summed E-state index contributed by atoms with van der Waals surface area (Å²) in [7, 11) is 1.46. The fourth-order valence-corrected chi connectivity index (χ4v) is 5.39. The van der Waals surface area contributed by atoms with Crippen LogP contribution < -0.4 is 24.8 Å². The van der Waals surface area contributed by atoms with Crippen molar-refractivity contribution >= 4 is 28.6 Å². The first-order valence-electron chi connectivity index (χ1n) is 13.9. The number of ether oxygens (including phenoxy) is 3. The highest BCUT2D eigenvalue weighted by Gasteiger charge is 2.35. The fourth-order valence-electron chi connectivity index (χ4n) is 5.39. The second-order valence-electron chi connectivity index (χ2n) is 10.5. The number of para-hydroxylation sites is 1. The van der Waals surface area contributed by atoms with Crippen LogP contribution in [0.1, 0.15) is 28.0 Å². The van der Waals surface area contributed by atoms with Crippen LogP contribution in [0.15, 0.2) is 60.7 Å². The molecule has 3 aromatic carbocycles. The number of hydrogen-bond acceptors (Lipinski definition) is 7. The van der Waals surface area contributed by atoms with E-state index < -0.39 is 29.8 Å². The van der Waals surface area contributed by atoms with E-state index in [2.05, 4.69) is 20.8 Å². The van der Waals surface area contributed by atoms with Crippen molar-refractivity contribution in [3.8, 4) is 17.2 Å². The number of aromatic amines is 1. The largest absolute Gasteiger partial charge is 0.493 e. The number of nitrogens with one attached hydrogen (secondary N) is 3. The first kappa shape index (κ1) is 28.0. The van der Waals surface area contributed by atoms with E-state index in [0.29, 0.717) is 30.0 Å². The van der Waals surface area contributed by atoms with Crippen LogP contribution in [0.5, 0.6) is 17.2 Å². The molecule has 4 bridgehead atoms. The molecular weight excluding hydrogens is 557 g/mol. The number of H-pyrrole nitrogens is 1. The maximum absolute atomic E-state index is 14.5. The summed E-state index contributed by atoms with van der Waals surface area (Å²) in [6.45, 7) is 0.274. The topological polar surface area (TPSA) is 135 Å². The lowest BCUT2D eigenvalue weighted by molar-refractivity contribution is -0.133. The SMILES string of the molecule is COc1ccc2cc1OCC(=O)NCc1cc(F)cc(c1)O[C@@H]1CCN(C(=O)Cc3[nH]nc4ccccc34)C[C@@H]1NC2=O. The monoisotopic (exact) mass is 587 g/mol. The van der Waals surface area contributed by atoms with Crippen molar-refractivity contribution in [3.63, 3.8) is 0 Å². The first-order valence-corrected chi connectivity index (χ1v) is 13.9. The zero-order valence-electron chi connectivity index (χ0n) is 23.4. The number of halogens is 1. The van der Waals surface area contributed by atoms with E-state index in [1.807, 2.05) is 24.3 Å². The quantitative estimate of drug-likeness (QED) is 0.336. The molecule has 3 amide bonds. The van der Waals surface area contributed by atoms with Gasteiger partial charge in [-0.25, -0.2) is 4.39 Å². The number of piperidine rings is 1. The van der Waals surface area contributed by atoms with Crippen LogP contribution in [0.25, 0.3) is 10.9 Å². The third-order valence-corrected chi connectivity index (χ3v) is 7.58. The Bertz CT molecular complexity index is 1690. The van der Waals surface area contributed by atoms with Crippen molar-refractivity contribution < 1.29 is 33.0 Å². The molecule has 3 N–H and O–H groups in total.